The van der Waals surface area contributed by atoms with Crippen LogP contribution >= 0.6 is 0 Å². The molecule has 2 fully saturated rings. The van der Waals surface area contributed by atoms with Crippen LogP contribution in [-0.2, 0) is 11.4 Å². The van der Waals surface area contributed by atoms with Gasteiger partial charge in [0.2, 0.25) is 0 Å². The summed E-state index contributed by atoms with van der Waals surface area (Å²) in [5.41, 5.74) is 3.65. The number of oxime groups is 1. The number of halogens is 2. The summed E-state index contributed by atoms with van der Waals surface area (Å²) >= 11 is 0. The van der Waals surface area contributed by atoms with Gasteiger partial charge in [-0.25, -0.2) is 8.78 Å². The molecule has 0 atom stereocenters. The Bertz CT molecular complexity index is 1290. The molecule has 9 heteroatoms. The van der Waals surface area contributed by atoms with Crippen LogP contribution in [0.5, 0.6) is 0 Å². The number of pyridine rings is 2. The van der Waals surface area contributed by atoms with Crippen molar-refractivity contribution in [3.05, 3.63) is 89.0 Å². The molecular formula is C28H31F2N5O2. The van der Waals surface area contributed by atoms with Crippen LogP contribution in [0.4, 0.5) is 14.5 Å². The second-order valence-corrected chi connectivity index (χ2v) is 10.9. The predicted octanol–water partition coefficient (Wildman–Crippen LogP) is 3.93. The highest BCUT2D eigenvalue weighted by Gasteiger charge is 2.51. The molecular weight excluding hydrogens is 476 g/mol. The zero-order chi connectivity index (χ0) is 26.2. The van der Waals surface area contributed by atoms with E-state index in [2.05, 4.69) is 37.1 Å². The van der Waals surface area contributed by atoms with Gasteiger partial charge in [-0.2, -0.15) is 0 Å². The maximum absolute atomic E-state index is 13.9. The molecule has 0 saturated carbocycles. The largest absolute Gasteiger partial charge is 0.392 e. The number of hydrogen-bond donors (Lipinski definition) is 1. The second-order valence-electron chi connectivity index (χ2n) is 10.9. The topological polar surface area (TPSA) is 74.1 Å². The van der Waals surface area contributed by atoms with Gasteiger partial charge in [-0.3, -0.25) is 14.9 Å². The summed E-state index contributed by atoms with van der Waals surface area (Å²) in [7, 11) is 0. The number of aliphatic hydroxyl groups is 1. The molecule has 3 aromatic rings. The Labute approximate surface area is 215 Å². The molecule has 194 valence electrons. The van der Waals surface area contributed by atoms with E-state index >= 15 is 0 Å². The van der Waals surface area contributed by atoms with Crippen molar-refractivity contribution in [2.24, 2.45) is 10.6 Å². The molecule has 2 aromatic heterocycles. The number of anilines is 1. The highest BCUT2D eigenvalue weighted by atomic mass is 19.2. The van der Waals surface area contributed by atoms with E-state index in [-0.39, 0.29) is 12.3 Å². The van der Waals surface area contributed by atoms with Crippen molar-refractivity contribution in [3.8, 4) is 0 Å². The lowest BCUT2D eigenvalue weighted by atomic mass is 9.72. The number of likely N-dealkylation sites (tertiary alicyclic amines) is 1. The molecule has 2 aliphatic rings. The highest BCUT2D eigenvalue weighted by Crippen LogP contribution is 2.42. The third kappa shape index (κ3) is 5.78. The van der Waals surface area contributed by atoms with Crippen LogP contribution in [0, 0.1) is 24.0 Å². The lowest BCUT2D eigenvalue weighted by Gasteiger charge is -2.61. The van der Waals surface area contributed by atoms with Gasteiger partial charge >= 0.3 is 0 Å². The third-order valence-corrected chi connectivity index (χ3v) is 6.66. The van der Waals surface area contributed by atoms with E-state index in [1.807, 2.05) is 19.2 Å². The summed E-state index contributed by atoms with van der Waals surface area (Å²) < 4.78 is 27.4. The maximum Gasteiger partial charge on any atom is 0.159 e. The number of benzene rings is 1. The Morgan fingerprint density at radius 3 is 2.49 bits per heavy atom. The van der Waals surface area contributed by atoms with Crippen molar-refractivity contribution >= 4 is 11.4 Å². The number of aromatic nitrogens is 2. The van der Waals surface area contributed by atoms with Crippen LogP contribution in [-0.4, -0.2) is 64.1 Å². The Morgan fingerprint density at radius 2 is 1.84 bits per heavy atom. The van der Waals surface area contributed by atoms with E-state index in [0.29, 0.717) is 16.7 Å². The zero-order valence-corrected chi connectivity index (χ0v) is 21.3. The van der Waals surface area contributed by atoms with Gasteiger partial charge in [0.05, 0.1) is 11.3 Å². The van der Waals surface area contributed by atoms with Crippen LogP contribution < -0.4 is 4.90 Å². The Morgan fingerprint density at radius 1 is 1.05 bits per heavy atom. The summed E-state index contributed by atoms with van der Waals surface area (Å²) in [6.45, 7) is 10.1. The first-order chi connectivity index (χ1) is 17.6. The Hall–Kier alpha value is -3.43. The van der Waals surface area contributed by atoms with Crippen molar-refractivity contribution in [1.29, 1.82) is 0 Å². The minimum atomic E-state index is -1.09. The SMILES string of the molecule is Cc1cc(N2CC3(CN(Cc4ccc(C(=NOCC(C)(C)O)c5ccc(F)c(F)c5)nc4)C3)C2)ccn1. The van der Waals surface area contributed by atoms with E-state index in [1.54, 1.807) is 26.1 Å². The molecule has 0 radical (unpaired) electrons. The smallest absolute Gasteiger partial charge is 0.159 e. The molecule has 1 spiro atoms. The van der Waals surface area contributed by atoms with Crippen LogP contribution in [0.3, 0.4) is 0 Å². The zero-order valence-electron chi connectivity index (χ0n) is 21.3. The van der Waals surface area contributed by atoms with Crippen LogP contribution in [0.1, 0.15) is 36.4 Å². The summed E-state index contributed by atoms with van der Waals surface area (Å²) in [6.07, 6.45) is 3.64. The number of aryl methyl sites for hydroxylation is 1. The molecule has 2 saturated heterocycles. The number of rotatable bonds is 8. The van der Waals surface area contributed by atoms with E-state index in [9.17, 15) is 13.9 Å². The summed E-state index contributed by atoms with van der Waals surface area (Å²) in [4.78, 5) is 18.9. The van der Waals surface area contributed by atoms with Crippen LogP contribution in [0.25, 0.3) is 0 Å². The fourth-order valence-corrected chi connectivity index (χ4v) is 4.95. The molecule has 1 aromatic carbocycles. The Kier molecular flexibility index (Phi) is 6.68. The first-order valence-corrected chi connectivity index (χ1v) is 12.3. The van der Waals surface area contributed by atoms with Gasteiger partial charge in [-0.15, -0.1) is 0 Å². The minimum absolute atomic E-state index is 0.0623. The summed E-state index contributed by atoms with van der Waals surface area (Å²) in [5, 5.41) is 14.0. The maximum atomic E-state index is 13.9. The first kappa shape index (κ1) is 25.2. The van der Waals surface area contributed by atoms with Gasteiger partial charge in [0.25, 0.3) is 0 Å². The van der Waals surface area contributed by atoms with Crippen molar-refractivity contribution in [2.45, 2.75) is 32.9 Å². The molecule has 0 amide bonds. The molecule has 5 rings (SSSR count). The summed E-state index contributed by atoms with van der Waals surface area (Å²) in [5.74, 6) is -1.92. The molecule has 37 heavy (non-hydrogen) atoms. The average Bonchev–Trinajstić information content (AvgIpc) is 2.79. The quantitative estimate of drug-likeness (QED) is 0.368. The van der Waals surface area contributed by atoms with Gasteiger partial charge in [0.15, 0.2) is 11.6 Å². The predicted molar refractivity (Wildman–Crippen MR) is 137 cm³/mol. The molecule has 1 N–H and O–H groups in total. The second kappa shape index (κ2) is 9.79. The molecule has 2 aliphatic heterocycles. The molecule has 0 aliphatic carbocycles. The van der Waals surface area contributed by atoms with Crippen LogP contribution in [0.15, 0.2) is 60.0 Å². The number of hydrogen-bond acceptors (Lipinski definition) is 7. The molecule has 7 nitrogen and oxygen atoms in total. The minimum Gasteiger partial charge on any atom is -0.392 e. The fourth-order valence-electron chi connectivity index (χ4n) is 4.95. The standard InChI is InChI=1S/C28H31F2N5O2/c1-19-10-22(8-9-31-19)35-16-28(17-35)14-34(15-28)13-20-4-7-25(32-12-20)26(33-37-18-27(2,3)36)21-5-6-23(29)24(30)11-21/h4-12,36H,13-18H2,1-3H3. The van der Waals surface area contributed by atoms with Crippen molar-refractivity contribution in [1.82, 2.24) is 14.9 Å². The van der Waals surface area contributed by atoms with Gasteiger partial charge in [-0.1, -0.05) is 11.2 Å². The van der Waals surface area contributed by atoms with Crippen molar-refractivity contribution in [2.75, 3.05) is 37.7 Å². The van der Waals surface area contributed by atoms with Crippen molar-refractivity contribution in [3.63, 3.8) is 0 Å². The first-order valence-electron chi connectivity index (χ1n) is 12.3. The van der Waals surface area contributed by atoms with E-state index in [4.69, 9.17) is 4.84 Å². The van der Waals surface area contributed by atoms with Gasteiger partial charge in [0.1, 0.15) is 12.3 Å². The fraction of sp³-hybridized carbons (Fsp3) is 0.393. The lowest BCUT2D eigenvalue weighted by molar-refractivity contribution is -0.0273. The van der Waals surface area contributed by atoms with Gasteiger partial charge < -0.3 is 14.8 Å². The molecule has 0 bridgehead atoms. The van der Waals surface area contributed by atoms with E-state index in [0.717, 1.165) is 56.1 Å². The van der Waals surface area contributed by atoms with Gasteiger partial charge in [0, 0.05) is 67.5 Å². The average molecular weight is 508 g/mol. The van der Waals surface area contributed by atoms with Crippen molar-refractivity contribution < 1.29 is 18.7 Å². The third-order valence-electron chi connectivity index (χ3n) is 6.66. The van der Waals surface area contributed by atoms with Gasteiger partial charge in [-0.05, 0) is 62.7 Å². The number of nitrogens with zero attached hydrogens (tertiary/aromatic N) is 5. The highest BCUT2D eigenvalue weighted by molar-refractivity contribution is 6.11. The lowest BCUT2D eigenvalue weighted by Crippen LogP contribution is -2.71. The molecule has 0 unspecified atom stereocenters. The van der Waals surface area contributed by atoms with Crippen LogP contribution in [0.2, 0.25) is 0 Å². The van der Waals surface area contributed by atoms with E-state index in [1.165, 1.54) is 11.8 Å². The molecule has 4 heterocycles. The monoisotopic (exact) mass is 507 g/mol. The normalized spacial score (nSPS) is 17.5. The summed E-state index contributed by atoms with van der Waals surface area (Å²) in [6, 6.07) is 11.5. The van der Waals surface area contributed by atoms with E-state index < -0.39 is 17.2 Å². The Balaban J connectivity index is 1.21.